The molecule has 5 nitrogen and oxygen atoms in total. The standard InChI is InChI=1S/C13H19N3O2/c14-6-5-11-1-3-12(4-2-11)15-13(17)16-7-9-18-10-8-16/h1-4H,5-10,14H2,(H,15,17). The first-order valence-corrected chi connectivity index (χ1v) is 6.22. The predicted molar refractivity (Wildman–Crippen MR) is 70.6 cm³/mol. The third-order valence-electron chi connectivity index (χ3n) is 2.94. The number of nitrogens with zero attached hydrogens (tertiary/aromatic N) is 1. The van der Waals surface area contributed by atoms with Gasteiger partial charge in [0.2, 0.25) is 0 Å². The highest BCUT2D eigenvalue weighted by Crippen LogP contribution is 2.11. The lowest BCUT2D eigenvalue weighted by molar-refractivity contribution is 0.0564. The van der Waals surface area contributed by atoms with E-state index in [1.807, 2.05) is 24.3 Å². The van der Waals surface area contributed by atoms with Crippen LogP contribution in [0.2, 0.25) is 0 Å². The second kappa shape index (κ2) is 6.37. The molecule has 3 N–H and O–H groups in total. The van der Waals surface area contributed by atoms with Gasteiger partial charge >= 0.3 is 6.03 Å². The Hall–Kier alpha value is -1.59. The first-order valence-electron chi connectivity index (χ1n) is 6.22. The fourth-order valence-electron chi connectivity index (χ4n) is 1.89. The quantitative estimate of drug-likeness (QED) is 0.841. The average molecular weight is 249 g/mol. The first-order chi connectivity index (χ1) is 8.79. The Labute approximate surface area is 107 Å². The summed E-state index contributed by atoms with van der Waals surface area (Å²) in [5.74, 6) is 0. The molecule has 0 aliphatic carbocycles. The summed E-state index contributed by atoms with van der Waals surface area (Å²) in [5.41, 5.74) is 7.48. The van der Waals surface area contributed by atoms with E-state index in [4.69, 9.17) is 10.5 Å². The van der Waals surface area contributed by atoms with Crippen molar-refractivity contribution in [3.63, 3.8) is 0 Å². The van der Waals surface area contributed by atoms with Gasteiger partial charge in [-0.2, -0.15) is 0 Å². The van der Waals surface area contributed by atoms with Crippen LogP contribution in [0.3, 0.4) is 0 Å². The largest absolute Gasteiger partial charge is 0.378 e. The molecule has 0 aromatic heterocycles. The zero-order valence-corrected chi connectivity index (χ0v) is 10.4. The monoisotopic (exact) mass is 249 g/mol. The number of hydrogen-bond acceptors (Lipinski definition) is 3. The van der Waals surface area contributed by atoms with Gasteiger partial charge < -0.3 is 20.7 Å². The van der Waals surface area contributed by atoms with Gasteiger partial charge in [-0.3, -0.25) is 0 Å². The van der Waals surface area contributed by atoms with Crippen LogP contribution in [0.1, 0.15) is 5.56 Å². The van der Waals surface area contributed by atoms with Gasteiger partial charge in [-0.25, -0.2) is 4.79 Å². The fourth-order valence-corrected chi connectivity index (χ4v) is 1.89. The molecule has 1 aromatic rings. The molecule has 98 valence electrons. The Morgan fingerprint density at radius 3 is 2.56 bits per heavy atom. The van der Waals surface area contributed by atoms with Crippen LogP contribution in [0.15, 0.2) is 24.3 Å². The number of hydrogen-bond donors (Lipinski definition) is 2. The Morgan fingerprint density at radius 1 is 1.28 bits per heavy atom. The second-order valence-corrected chi connectivity index (χ2v) is 4.27. The molecule has 1 heterocycles. The molecule has 0 spiro atoms. The van der Waals surface area contributed by atoms with Crippen molar-refractivity contribution in [1.82, 2.24) is 4.90 Å². The highest BCUT2D eigenvalue weighted by atomic mass is 16.5. The van der Waals surface area contributed by atoms with Crippen LogP contribution in [0.25, 0.3) is 0 Å². The molecule has 1 aromatic carbocycles. The highest BCUT2D eigenvalue weighted by molar-refractivity contribution is 5.89. The van der Waals surface area contributed by atoms with E-state index in [9.17, 15) is 4.79 Å². The molecule has 0 unspecified atom stereocenters. The third kappa shape index (κ3) is 3.45. The molecule has 1 saturated heterocycles. The number of rotatable bonds is 3. The van der Waals surface area contributed by atoms with Crippen molar-refractivity contribution in [2.24, 2.45) is 5.73 Å². The van der Waals surface area contributed by atoms with Crippen molar-refractivity contribution in [3.8, 4) is 0 Å². The number of nitrogens with one attached hydrogen (secondary N) is 1. The highest BCUT2D eigenvalue weighted by Gasteiger charge is 2.16. The van der Waals surface area contributed by atoms with Gasteiger partial charge in [0.1, 0.15) is 0 Å². The molecular formula is C13H19N3O2. The maximum Gasteiger partial charge on any atom is 0.321 e. The van der Waals surface area contributed by atoms with Crippen LogP contribution in [0.4, 0.5) is 10.5 Å². The molecular weight excluding hydrogens is 230 g/mol. The minimum Gasteiger partial charge on any atom is -0.378 e. The van der Waals surface area contributed by atoms with E-state index in [0.29, 0.717) is 32.8 Å². The average Bonchev–Trinajstić information content (AvgIpc) is 2.42. The van der Waals surface area contributed by atoms with Crippen LogP contribution in [-0.2, 0) is 11.2 Å². The predicted octanol–water partition coefficient (Wildman–Crippen LogP) is 1.05. The maximum absolute atomic E-state index is 11.9. The number of nitrogens with two attached hydrogens (primary N) is 1. The zero-order chi connectivity index (χ0) is 12.8. The molecule has 1 fully saturated rings. The molecule has 1 aliphatic rings. The SMILES string of the molecule is NCCc1ccc(NC(=O)N2CCOCC2)cc1. The third-order valence-corrected chi connectivity index (χ3v) is 2.94. The lowest BCUT2D eigenvalue weighted by atomic mass is 10.1. The number of amides is 2. The minimum absolute atomic E-state index is 0.0649. The number of carbonyl (C=O) groups excluding carboxylic acids is 1. The van der Waals surface area contributed by atoms with Gasteiger partial charge in [0, 0.05) is 18.8 Å². The Kier molecular flexibility index (Phi) is 4.55. The molecule has 2 amide bonds. The van der Waals surface area contributed by atoms with E-state index in [0.717, 1.165) is 12.1 Å². The van der Waals surface area contributed by atoms with Gasteiger partial charge in [0.25, 0.3) is 0 Å². The Morgan fingerprint density at radius 2 is 1.94 bits per heavy atom. The molecule has 18 heavy (non-hydrogen) atoms. The summed E-state index contributed by atoms with van der Waals surface area (Å²) in [5, 5.41) is 2.88. The van der Waals surface area contributed by atoms with E-state index >= 15 is 0 Å². The molecule has 0 bridgehead atoms. The van der Waals surface area contributed by atoms with Crippen molar-refractivity contribution in [1.29, 1.82) is 0 Å². The number of carbonyl (C=O) groups is 1. The van der Waals surface area contributed by atoms with Crippen LogP contribution in [0.5, 0.6) is 0 Å². The summed E-state index contributed by atoms with van der Waals surface area (Å²) in [7, 11) is 0. The van der Waals surface area contributed by atoms with Gasteiger partial charge in [-0.1, -0.05) is 12.1 Å². The number of benzene rings is 1. The molecule has 0 atom stereocenters. The molecule has 2 rings (SSSR count). The smallest absolute Gasteiger partial charge is 0.321 e. The zero-order valence-electron chi connectivity index (χ0n) is 10.4. The molecule has 0 saturated carbocycles. The fraction of sp³-hybridized carbons (Fsp3) is 0.462. The van der Waals surface area contributed by atoms with Crippen molar-refractivity contribution >= 4 is 11.7 Å². The summed E-state index contributed by atoms with van der Waals surface area (Å²) in [6.45, 7) is 3.17. The lowest BCUT2D eigenvalue weighted by Gasteiger charge is -2.26. The molecule has 5 heteroatoms. The summed E-state index contributed by atoms with van der Waals surface area (Å²) < 4.78 is 5.21. The van der Waals surface area contributed by atoms with Crippen molar-refractivity contribution in [3.05, 3.63) is 29.8 Å². The van der Waals surface area contributed by atoms with Gasteiger partial charge in [0.05, 0.1) is 13.2 Å². The van der Waals surface area contributed by atoms with Gasteiger partial charge in [0.15, 0.2) is 0 Å². The summed E-state index contributed by atoms with van der Waals surface area (Å²) in [6, 6.07) is 7.72. The van der Waals surface area contributed by atoms with Gasteiger partial charge in [-0.05, 0) is 30.7 Å². The van der Waals surface area contributed by atoms with E-state index in [-0.39, 0.29) is 6.03 Å². The minimum atomic E-state index is -0.0649. The maximum atomic E-state index is 11.9. The van der Waals surface area contributed by atoms with Crippen LogP contribution in [0, 0.1) is 0 Å². The van der Waals surface area contributed by atoms with Crippen LogP contribution >= 0.6 is 0 Å². The normalized spacial score (nSPS) is 15.5. The number of urea groups is 1. The number of ether oxygens (including phenoxy) is 1. The van der Waals surface area contributed by atoms with Crippen LogP contribution in [-0.4, -0.2) is 43.8 Å². The van der Waals surface area contributed by atoms with Crippen LogP contribution < -0.4 is 11.1 Å². The summed E-state index contributed by atoms with van der Waals surface area (Å²) in [6.07, 6.45) is 0.859. The van der Waals surface area contributed by atoms with Crippen molar-refractivity contribution in [2.75, 3.05) is 38.2 Å². The first kappa shape index (κ1) is 12.9. The molecule has 0 radical (unpaired) electrons. The number of anilines is 1. The van der Waals surface area contributed by atoms with E-state index < -0.39 is 0 Å². The molecule has 1 aliphatic heterocycles. The number of morpholine rings is 1. The van der Waals surface area contributed by atoms with Crippen molar-refractivity contribution in [2.45, 2.75) is 6.42 Å². The van der Waals surface area contributed by atoms with E-state index in [1.165, 1.54) is 5.56 Å². The summed E-state index contributed by atoms with van der Waals surface area (Å²) >= 11 is 0. The van der Waals surface area contributed by atoms with E-state index in [2.05, 4.69) is 5.32 Å². The van der Waals surface area contributed by atoms with E-state index in [1.54, 1.807) is 4.90 Å². The topological polar surface area (TPSA) is 67.6 Å². The van der Waals surface area contributed by atoms with Gasteiger partial charge in [-0.15, -0.1) is 0 Å². The second-order valence-electron chi connectivity index (χ2n) is 4.27. The van der Waals surface area contributed by atoms with Crippen molar-refractivity contribution < 1.29 is 9.53 Å². The Bertz CT molecular complexity index is 386. The lowest BCUT2D eigenvalue weighted by Crippen LogP contribution is -2.43. The summed E-state index contributed by atoms with van der Waals surface area (Å²) in [4.78, 5) is 13.7. The Balaban J connectivity index is 1.89.